The van der Waals surface area contributed by atoms with E-state index in [1.807, 2.05) is 6.20 Å². The fourth-order valence-electron chi connectivity index (χ4n) is 2.78. The molecule has 4 heteroatoms. The van der Waals surface area contributed by atoms with Crippen LogP contribution in [0.15, 0.2) is 12.3 Å². The monoisotopic (exact) mass is 291 g/mol. The Morgan fingerprint density at radius 2 is 2.05 bits per heavy atom. The Bertz CT molecular complexity index is 449. The van der Waals surface area contributed by atoms with Gasteiger partial charge in [0.1, 0.15) is 5.82 Å². The predicted octanol–water partition coefficient (Wildman–Crippen LogP) is 2.75. The molecule has 1 aromatic rings. The number of hydrogen-bond acceptors (Lipinski definition) is 4. The number of ether oxygens (including phenoxy) is 1. The summed E-state index contributed by atoms with van der Waals surface area (Å²) in [6.45, 7) is 11.6. The average Bonchev–Trinajstić information content (AvgIpc) is 2.44. The van der Waals surface area contributed by atoms with Crippen LogP contribution in [0, 0.1) is 12.3 Å². The Labute approximate surface area is 128 Å². The van der Waals surface area contributed by atoms with Crippen LogP contribution in [0.4, 0.5) is 5.82 Å². The standard InChI is InChI=1S/C17H29N3O/c1-14-11-15(12-18-7-10-21-4)13-19-16(14)20-8-5-17(2,3)6-9-20/h11,13,18H,5-10,12H2,1-4H3. The minimum Gasteiger partial charge on any atom is -0.383 e. The molecule has 21 heavy (non-hydrogen) atoms. The maximum Gasteiger partial charge on any atom is 0.131 e. The van der Waals surface area contributed by atoms with Gasteiger partial charge in [0, 0.05) is 39.5 Å². The number of methoxy groups -OCH3 is 1. The molecule has 0 aliphatic carbocycles. The number of aryl methyl sites for hydroxylation is 1. The maximum atomic E-state index is 5.03. The van der Waals surface area contributed by atoms with Crippen LogP contribution in [0.5, 0.6) is 0 Å². The molecular formula is C17H29N3O. The van der Waals surface area contributed by atoms with Crippen molar-refractivity contribution in [1.82, 2.24) is 10.3 Å². The van der Waals surface area contributed by atoms with Crippen molar-refractivity contribution >= 4 is 5.82 Å². The van der Waals surface area contributed by atoms with Gasteiger partial charge in [0.05, 0.1) is 6.61 Å². The number of piperidine rings is 1. The summed E-state index contributed by atoms with van der Waals surface area (Å²) >= 11 is 0. The molecule has 0 aromatic carbocycles. The summed E-state index contributed by atoms with van der Waals surface area (Å²) < 4.78 is 5.03. The number of aromatic nitrogens is 1. The maximum absolute atomic E-state index is 5.03. The van der Waals surface area contributed by atoms with E-state index >= 15 is 0 Å². The minimum atomic E-state index is 0.482. The molecule has 1 aromatic heterocycles. The molecule has 1 fully saturated rings. The van der Waals surface area contributed by atoms with E-state index in [1.165, 1.54) is 24.0 Å². The molecule has 0 amide bonds. The van der Waals surface area contributed by atoms with Crippen molar-refractivity contribution in [2.75, 3.05) is 38.3 Å². The lowest BCUT2D eigenvalue weighted by molar-refractivity contribution is 0.199. The Morgan fingerprint density at radius 3 is 2.67 bits per heavy atom. The smallest absolute Gasteiger partial charge is 0.131 e. The molecule has 0 unspecified atom stereocenters. The minimum absolute atomic E-state index is 0.482. The van der Waals surface area contributed by atoms with E-state index < -0.39 is 0 Å². The SMILES string of the molecule is COCCNCc1cnc(N2CCC(C)(C)CC2)c(C)c1. The van der Waals surface area contributed by atoms with Gasteiger partial charge in [-0.3, -0.25) is 0 Å². The lowest BCUT2D eigenvalue weighted by Crippen LogP contribution is -2.38. The van der Waals surface area contributed by atoms with E-state index in [0.29, 0.717) is 5.41 Å². The fourth-order valence-corrected chi connectivity index (χ4v) is 2.78. The number of rotatable bonds is 6. The highest BCUT2D eigenvalue weighted by Gasteiger charge is 2.26. The van der Waals surface area contributed by atoms with Crippen LogP contribution in [-0.2, 0) is 11.3 Å². The molecule has 1 saturated heterocycles. The van der Waals surface area contributed by atoms with Crippen LogP contribution in [-0.4, -0.2) is 38.3 Å². The summed E-state index contributed by atoms with van der Waals surface area (Å²) in [4.78, 5) is 7.14. The predicted molar refractivity (Wildman–Crippen MR) is 87.8 cm³/mol. The Hall–Kier alpha value is -1.13. The molecule has 0 bridgehead atoms. The van der Waals surface area contributed by atoms with Crippen LogP contribution in [0.3, 0.4) is 0 Å². The topological polar surface area (TPSA) is 37.4 Å². The second kappa shape index (κ2) is 7.23. The first-order chi connectivity index (χ1) is 10.0. The number of hydrogen-bond donors (Lipinski definition) is 1. The number of nitrogens with zero attached hydrogens (tertiary/aromatic N) is 2. The van der Waals surface area contributed by atoms with E-state index in [9.17, 15) is 0 Å². The van der Waals surface area contributed by atoms with E-state index in [2.05, 4.69) is 37.1 Å². The molecule has 4 nitrogen and oxygen atoms in total. The molecule has 0 radical (unpaired) electrons. The Balaban J connectivity index is 1.93. The van der Waals surface area contributed by atoms with Crippen LogP contribution in [0.2, 0.25) is 0 Å². The van der Waals surface area contributed by atoms with Crippen molar-refractivity contribution in [3.05, 3.63) is 23.4 Å². The van der Waals surface area contributed by atoms with Gasteiger partial charge in [0.15, 0.2) is 0 Å². The van der Waals surface area contributed by atoms with Crippen molar-refractivity contribution in [2.24, 2.45) is 5.41 Å². The first kappa shape index (κ1) is 16.2. The largest absolute Gasteiger partial charge is 0.383 e. The molecule has 2 rings (SSSR count). The average molecular weight is 291 g/mol. The third-order valence-electron chi connectivity index (χ3n) is 4.34. The second-order valence-electron chi connectivity index (χ2n) is 6.80. The van der Waals surface area contributed by atoms with Crippen molar-refractivity contribution in [3.8, 4) is 0 Å². The fraction of sp³-hybridized carbons (Fsp3) is 0.706. The highest BCUT2D eigenvalue weighted by atomic mass is 16.5. The van der Waals surface area contributed by atoms with Crippen molar-refractivity contribution in [2.45, 2.75) is 40.2 Å². The zero-order valence-electron chi connectivity index (χ0n) is 13.9. The summed E-state index contributed by atoms with van der Waals surface area (Å²) in [7, 11) is 1.72. The van der Waals surface area contributed by atoms with E-state index in [-0.39, 0.29) is 0 Å². The highest BCUT2D eigenvalue weighted by Crippen LogP contribution is 2.32. The van der Waals surface area contributed by atoms with E-state index in [1.54, 1.807) is 7.11 Å². The molecule has 0 atom stereocenters. The van der Waals surface area contributed by atoms with Crippen molar-refractivity contribution in [3.63, 3.8) is 0 Å². The van der Waals surface area contributed by atoms with Crippen LogP contribution in [0.25, 0.3) is 0 Å². The second-order valence-corrected chi connectivity index (χ2v) is 6.80. The third kappa shape index (κ3) is 4.68. The number of pyridine rings is 1. The van der Waals surface area contributed by atoms with Gasteiger partial charge in [-0.25, -0.2) is 4.98 Å². The molecule has 1 N–H and O–H groups in total. The quantitative estimate of drug-likeness (QED) is 0.818. The van der Waals surface area contributed by atoms with E-state index in [0.717, 1.165) is 38.6 Å². The summed E-state index contributed by atoms with van der Waals surface area (Å²) in [5.74, 6) is 1.16. The lowest BCUT2D eigenvalue weighted by Gasteiger charge is -2.38. The van der Waals surface area contributed by atoms with Crippen molar-refractivity contribution in [1.29, 1.82) is 0 Å². The molecule has 2 heterocycles. The zero-order chi connectivity index (χ0) is 15.3. The van der Waals surface area contributed by atoms with Gasteiger partial charge in [0.25, 0.3) is 0 Å². The molecule has 1 aliphatic rings. The van der Waals surface area contributed by atoms with Gasteiger partial charge in [0.2, 0.25) is 0 Å². The van der Waals surface area contributed by atoms with Gasteiger partial charge in [-0.15, -0.1) is 0 Å². The molecular weight excluding hydrogens is 262 g/mol. The van der Waals surface area contributed by atoms with E-state index in [4.69, 9.17) is 9.72 Å². The van der Waals surface area contributed by atoms with Gasteiger partial charge in [-0.1, -0.05) is 13.8 Å². The summed E-state index contributed by atoms with van der Waals surface area (Å²) in [5, 5.41) is 3.36. The van der Waals surface area contributed by atoms with Gasteiger partial charge in [-0.05, 0) is 42.4 Å². The molecule has 1 aliphatic heterocycles. The van der Waals surface area contributed by atoms with Crippen LogP contribution < -0.4 is 10.2 Å². The molecule has 118 valence electrons. The van der Waals surface area contributed by atoms with Crippen LogP contribution in [0.1, 0.15) is 37.8 Å². The van der Waals surface area contributed by atoms with Gasteiger partial charge >= 0.3 is 0 Å². The number of nitrogens with one attached hydrogen (secondary N) is 1. The molecule has 0 spiro atoms. The van der Waals surface area contributed by atoms with Gasteiger partial charge < -0.3 is 15.0 Å². The first-order valence-corrected chi connectivity index (χ1v) is 7.92. The normalized spacial score (nSPS) is 18.0. The summed E-state index contributed by atoms with van der Waals surface area (Å²) in [5.41, 5.74) is 3.00. The van der Waals surface area contributed by atoms with Crippen LogP contribution >= 0.6 is 0 Å². The summed E-state index contributed by atoms with van der Waals surface area (Å²) in [6.07, 6.45) is 4.49. The Kier molecular flexibility index (Phi) is 5.59. The number of anilines is 1. The Morgan fingerprint density at radius 1 is 1.33 bits per heavy atom. The highest BCUT2D eigenvalue weighted by molar-refractivity contribution is 5.47. The molecule has 0 saturated carbocycles. The third-order valence-corrected chi connectivity index (χ3v) is 4.34. The first-order valence-electron chi connectivity index (χ1n) is 7.92. The zero-order valence-corrected chi connectivity index (χ0v) is 13.9. The summed E-state index contributed by atoms with van der Waals surface area (Å²) in [6, 6.07) is 2.25. The van der Waals surface area contributed by atoms with Crippen molar-refractivity contribution < 1.29 is 4.74 Å². The van der Waals surface area contributed by atoms with Gasteiger partial charge in [-0.2, -0.15) is 0 Å². The lowest BCUT2D eigenvalue weighted by atomic mass is 9.82.